The minimum absolute atomic E-state index is 0.0519. The summed E-state index contributed by atoms with van der Waals surface area (Å²) in [5.41, 5.74) is 2.92. The number of nitrogens with zero attached hydrogens (tertiary/aromatic N) is 6. The summed E-state index contributed by atoms with van der Waals surface area (Å²) in [6.07, 6.45) is 1.76. The van der Waals surface area contributed by atoms with Crippen molar-refractivity contribution in [3.05, 3.63) is 115 Å². The second-order valence-electron chi connectivity index (χ2n) is 13.2. The fourth-order valence-corrected chi connectivity index (χ4v) is 8.43. The topological polar surface area (TPSA) is 120 Å². The van der Waals surface area contributed by atoms with Crippen LogP contribution in [0.2, 0.25) is 10.0 Å². The number of amides is 2. The number of hydrogen-bond donors (Lipinski definition) is 1. The van der Waals surface area contributed by atoms with Gasteiger partial charge in [-0.15, -0.1) is 5.10 Å². The summed E-state index contributed by atoms with van der Waals surface area (Å²) in [4.78, 5) is 38.9. The van der Waals surface area contributed by atoms with Crippen LogP contribution in [0.15, 0.2) is 87.2 Å². The average molecular weight is 854 g/mol. The molecule has 0 radical (unpaired) electrons. The Labute approximate surface area is 333 Å². The van der Waals surface area contributed by atoms with E-state index in [0.29, 0.717) is 55.0 Å². The van der Waals surface area contributed by atoms with Gasteiger partial charge in [0.2, 0.25) is 5.96 Å². The first-order chi connectivity index (χ1) is 25.7. The fraction of sp³-hybridized carbons (Fsp3) is 0.282. The number of carbonyl (C=O) groups excluding carboxylic acids is 2. The number of aliphatic imine (C=N–C) groups is 1. The number of carbonyl (C=O) groups is 2. The highest BCUT2D eigenvalue weighted by molar-refractivity contribution is 9.10. The number of guanidine groups is 1. The zero-order valence-electron chi connectivity index (χ0n) is 30.5. The van der Waals surface area contributed by atoms with E-state index in [1.807, 2.05) is 45.3 Å². The van der Waals surface area contributed by atoms with Crippen LogP contribution in [0.1, 0.15) is 64.2 Å². The van der Waals surface area contributed by atoms with Gasteiger partial charge in [-0.25, -0.2) is 22.8 Å². The van der Waals surface area contributed by atoms with Crippen LogP contribution in [0.25, 0.3) is 16.5 Å². The molecule has 0 fully saturated rings. The van der Waals surface area contributed by atoms with Crippen LogP contribution in [-0.2, 0) is 23.1 Å². The number of aromatic nitrogens is 2. The molecule has 4 aromatic carbocycles. The molecule has 0 unspecified atom stereocenters. The van der Waals surface area contributed by atoms with Gasteiger partial charge in [0.15, 0.2) is 5.82 Å². The summed E-state index contributed by atoms with van der Waals surface area (Å²) in [6, 6.07) is 20.1. The number of hydrogen-bond acceptors (Lipinski definition) is 8. The van der Waals surface area contributed by atoms with Crippen LogP contribution in [0.4, 0.5) is 5.82 Å². The maximum Gasteiger partial charge on any atom is 0.265 e. The predicted molar refractivity (Wildman–Crippen MR) is 219 cm³/mol. The van der Waals surface area contributed by atoms with Gasteiger partial charge < -0.3 is 9.80 Å². The van der Waals surface area contributed by atoms with Gasteiger partial charge in [-0.1, -0.05) is 83.3 Å². The summed E-state index contributed by atoms with van der Waals surface area (Å²) >= 11 is 16.7. The van der Waals surface area contributed by atoms with Crippen molar-refractivity contribution in [1.29, 1.82) is 0 Å². The highest BCUT2D eigenvalue weighted by Gasteiger charge is 2.31. The lowest BCUT2D eigenvalue weighted by Gasteiger charge is -2.28. The third kappa shape index (κ3) is 7.72. The fourth-order valence-electron chi connectivity index (χ4n) is 6.50. The highest BCUT2D eigenvalue weighted by Crippen LogP contribution is 2.34. The number of fused-ring (bicyclic) bond motifs is 2. The first kappa shape index (κ1) is 39.3. The molecule has 1 aliphatic heterocycles. The number of sulfonamides is 1. The summed E-state index contributed by atoms with van der Waals surface area (Å²) < 4.78 is 31.7. The monoisotopic (exact) mass is 851 g/mol. The normalized spacial score (nSPS) is 13.0. The molecule has 2 amide bonds. The Balaban J connectivity index is 1.46. The van der Waals surface area contributed by atoms with E-state index < -0.39 is 21.8 Å². The molecular formula is C39H40BrCl2N7O4S. The van der Waals surface area contributed by atoms with Crippen molar-refractivity contribution < 1.29 is 18.0 Å². The molecule has 1 aliphatic rings. The molecule has 0 bridgehead atoms. The largest absolute Gasteiger partial charge is 0.354 e. The zero-order valence-corrected chi connectivity index (χ0v) is 34.4. The first-order valence-electron chi connectivity index (χ1n) is 17.5. The van der Waals surface area contributed by atoms with E-state index in [0.717, 1.165) is 37.1 Å². The molecule has 6 rings (SSSR count). The molecule has 0 aliphatic carbocycles. The molecule has 282 valence electrons. The summed E-state index contributed by atoms with van der Waals surface area (Å²) in [5.74, 6) is -0.368. The Hall–Kier alpha value is -4.43. The molecule has 54 heavy (non-hydrogen) atoms. The second kappa shape index (κ2) is 16.1. The number of anilines is 1. The Kier molecular flexibility index (Phi) is 11.7. The first-order valence-corrected chi connectivity index (χ1v) is 20.5. The van der Waals surface area contributed by atoms with Gasteiger partial charge in [-0.05, 0) is 78.7 Å². The number of rotatable bonds is 10. The molecular weight excluding hydrogens is 813 g/mol. The van der Waals surface area contributed by atoms with E-state index in [4.69, 9.17) is 33.3 Å². The number of nitrogens with one attached hydrogen (secondary N) is 1. The van der Waals surface area contributed by atoms with Gasteiger partial charge in [0, 0.05) is 47.6 Å². The molecule has 0 saturated heterocycles. The average Bonchev–Trinajstić information content (AvgIpc) is 3.31. The van der Waals surface area contributed by atoms with Crippen molar-refractivity contribution in [2.24, 2.45) is 4.99 Å². The lowest BCUT2D eigenvalue weighted by Crippen LogP contribution is -2.44. The van der Waals surface area contributed by atoms with Crippen molar-refractivity contribution in [3.8, 4) is 5.69 Å². The third-order valence-corrected chi connectivity index (χ3v) is 12.0. The maximum absolute atomic E-state index is 14.9. The third-order valence-electron chi connectivity index (χ3n) is 9.17. The van der Waals surface area contributed by atoms with Gasteiger partial charge >= 0.3 is 0 Å². The van der Waals surface area contributed by atoms with Gasteiger partial charge in [0.05, 0.1) is 34.9 Å². The highest BCUT2D eigenvalue weighted by atomic mass is 79.9. The molecule has 5 aromatic rings. The van der Waals surface area contributed by atoms with Crippen LogP contribution in [-0.4, -0.2) is 73.0 Å². The molecule has 15 heteroatoms. The van der Waals surface area contributed by atoms with E-state index in [2.05, 4.69) is 39.4 Å². The van der Waals surface area contributed by atoms with Crippen molar-refractivity contribution in [2.75, 3.05) is 32.1 Å². The van der Waals surface area contributed by atoms with Crippen LogP contribution < -0.4 is 9.62 Å². The van der Waals surface area contributed by atoms with Crippen LogP contribution in [0.3, 0.4) is 0 Å². The van der Waals surface area contributed by atoms with Crippen LogP contribution in [0, 0.1) is 6.92 Å². The standard InChI is InChI=1S/C39H40BrCl2N7O4S/c1-6-18-47(19-7-2)36-35(42)24(3)49(44-36)34-17-12-25(37(50)45-54(52,53)28-13-14-29-30(21-28)32(40)15-16-33(29)41)20-31(34)38(51)48-23-27-11-9-8-10-26(27)22-43-39(48)46(4)5/h8-17,20-21H,6-7,18-19,22-23H2,1-5H3,(H,45,50). The molecule has 0 saturated carbocycles. The Morgan fingerprint density at radius 2 is 1.63 bits per heavy atom. The van der Waals surface area contributed by atoms with Gasteiger partial charge in [0.25, 0.3) is 21.8 Å². The van der Waals surface area contributed by atoms with Gasteiger partial charge in [-0.2, -0.15) is 0 Å². The van der Waals surface area contributed by atoms with Crippen molar-refractivity contribution in [2.45, 2.75) is 51.6 Å². The van der Waals surface area contributed by atoms with Crippen molar-refractivity contribution >= 4 is 83.5 Å². The number of halogens is 3. The van der Waals surface area contributed by atoms with E-state index in [1.165, 1.54) is 24.3 Å². The molecule has 0 spiro atoms. The zero-order chi connectivity index (χ0) is 38.9. The van der Waals surface area contributed by atoms with E-state index >= 15 is 0 Å². The van der Waals surface area contributed by atoms with Crippen molar-refractivity contribution in [3.63, 3.8) is 0 Å². The lowest BCUT2D eigenvalue weighted by molar-refractivity contribution is 0.0827. The molecule has 1 N–H and O–H groups in total. The molecule has 11 nitrogen and oxygen atoms in total. The quantitative estimate of drug-likeness (QED) is 0.150. The Bertz CT molecular complexity index is 2410. The van der Waals surface area contributed by atoms with Gasteiger partial charge in [-0.3, -0.25) is 14.5 Å². The molecule has 0 atom stereocenters. The van der Waals surface area contributed by atoms with Crippen molar-refractivity contribution in [1.82, 2.24) is 24.3 Å². The second-order valence-corrected chi connectivity index (χ2v) is 16.5. The maximum atomic E-state index is 14.9. The summed E-state index contributed by atoms with van der Waals surface area (Å²) in [7, 11) is -0.739. The van der Waals surface area contributed by atoms with E-state index in [9.17, 15) is 18.0 Å². The van der Waals surface area contributed by atoms with Crippen LogP contribution >= 0.6 is 39.1 Å². The minimum Gasteiger partial charge on any atom is -0.354 e. The summed E-state index contributed by atoms with van der Waals surface area (Å²) in [5, 5.41) is 7.04. The van der Waals surface area contributed by atoms with Gasteiger partial charge in [0.1, 0.15) is 5.02 Å². The Morgan fingerprint density at radius 3 is 2.31 bits per heavy atom. The summed E-state index contributed by atoms with van der Waals surface area (Å²) in [6.45, 7) is 8.04. The predicted octanol–water partition coefficient (Wildman–Crippen LogP) is 8.22. The molecule has 1 aromatic heterocycles. The van der Waals surface area contributed by atoms with Crippen LogP contribution in [0.5, 0.6) is 0 Å². The van der Waals surface area contributed by atoms with E-state index in [-0.39, 0.29) is 22.6 Å². The minimum atomic E-state index is -4.36. The number of benzene rings is 4. The lowest BCUT2D eigenvalue weighted by atomic mass is 10.0. The smallest absolute Gasteiger partial charge is 0.265 e. The SMILES string of the molecule is CCCN(CCC)c1nn(-c2ccc(C(=O)NS(=O)(=O)c3ccc4c(Cl)ccc(Br)c4c3)cc2C(=O)N2Cc3ccccc3CN=C2N(C)C)c(C)c1Cl. The molecule has 2 heterocycles. The Morgan fingerprint density at radius 1 is 0.926 bits per heavy atom. The van der Waals surface area contributed by atoms with E-state index in [1.54, 1.807) is 38.7 Å².